The first-order valence-electron chi connectivity index (χ1n) is 7.92. The number of halogens is 1. The van der Waals surface area contributed by atoms with Gasteiger partial charge in [-0.3, -0.25) is 9.59 Å². The maximum atomic E-state index is 12.3. The van der Waals surface area contributed by atoms with Crippen LogP contribution in [0.15, 0.2) is 64.2 Å². The Morgan fingerprint density at radius 1 is 1.04 bits per heavy atom. The van der Waals surface area contributed by atoms with Crippen molar-refractivity contribution in [3.63, 3.8) is 0 Å². The van der Waals surface area contributed by atoms with E-state index in [0.717, 1.165) is 10.0 Å². The van der Waals surface area contributed by atoms with Crippen molar-refractivity contribution in [1.82, 2.24) is 10.7 Å². The summed E-state index contributed by atoms with van der Waals surface area (Å²) in [5.74, 6) is -0.713. The Bertz CT molecular complexity index is 743. The summed E-state index contributed by atoms with van der Waals surface area (Å²) >= 11 is 3.36. The summed E-state index contributed by atoms with van der Waals surface area (Å²) in [6, 6.07) is 15.7. The minimum atomic E-state index is -0.672. The van der Waals surface area contributed by atoms with E-state index in [1.165, 1.54) is 0 Å². The van der Waals surface area contributed by atoms with Gasteiger partial charge in [0.2, 0.25) is 0 Å². The molecule has 0 saturated carbocycles. The van der Waals surface area contributed by atoms with Crippen LogP contribution in [-0.2, 0) is 4.79 Å². The molecule has 1 atom stereocenters. The van der Waals surface area contributed by atoms with Crippen LogP contribution in [-0.4, -0.2) is 24.1 Å². The summed E-state index contributed by atoms with van der Waals surface area (Å²) in [5.41, 5.74) is 3.86. The molecule has 0 bridgehead atoms. The predicted octanol–water partition coefficient (Wildman–Crippen LogP) is 3.35. The molecule has 0 aromatic heterocycles. The van der Waals surface area contributed by atoms with Crippen LogP contribution < -0.4 is 10.7 Å². The van der Waals surface area contributed by atoms with E-state index in [2.05, 4.69) is 31.8 Å². The highest BCUT2D eigenvalue weighted by Crippen LogP contribution is 2.09. The summed E-state index contributed by atoms with van der Waals surface area (Å²) in [4.78, 5) is 24.6. The van der Waals surface area contributed by atoms with Crippen molar-refractivity contribution in [3.8, 4) is 0 Å². The normalized spacial score (nSPS) is 12.2. The maximum absolute atomic E-state index is 12.3. The highest BCUT2D eigenvalue weighted by atomic mass is 79.9. The minimum Gasteiger partial charge on any atom is -0.340 e. The molecule has 2 amide bonds. The topological polar surface area (TPSA) is 70.6 Å². The Morgan fingerprint density at radius 3 is 2.28 bits per heavy atom. The van der Waals surface area contributed by atoms with E-state index in [4.69, 9.17) is 0 Å². The molecule has 2 N–H and O–H groups in total. The van der Waals surface area contributed by atoms with Crippen LogP contribution in [0.4, 0.5) is 0 Å². The molecule has 2 aromatic carbocycles. The monoisotopic (exact) mass is 401 g/mol. The van der Waals surface area contributed by atoms with Crippen molar-refractivity contribution >= 4 is 34.0 Å². The molecule has 5 nitrogen and oxygen atoms in total. The van der Waals surface area contributed by atoms with E-state index in [9.17, 15) is 9.59 Å². The lowest BCUT2D eigenvalue weighted by molar-refractivity contribution is -0.123. The van der Waals surface area contributed by atoms with Gasteiger partial charge in [-0.2, -0.15) is 5.10 Å². The molecule has 1 unspecified atom stereocenters. The molecule has 0 spiro atoms. The average Bonchev–Trinajstić information content (AvgIpc) is 2.61. The number of hydrazone groups is 1. The first-order valence-corrected chi connectivity index (χ1v) is 8.71. The highest BCUT2D eigenvalue weighted by molar-refractivity contribution is 9.10. The number of carbonyl (C=O) groups is 2. The van der Waals surface area contributed by atoms with Crippen LogP contribution in [0.2, 0.25) is 0 Å². The van der Waals surface area contributed by atoms with Crippen molar-refractivity contribution in [2.24, 2.45) is 11.0 Å². The Hall–Kier alpha value is -2.47. The smallest absolute Gasteiger partial charge is 0.262 e. The van der Waals surface area contributed by atoms with Gasteiger partial charge < -0.3 is 5.32 Å². The number of hydrogen-bond acceptors (Lipinski definition) is 3. The fraction of sp³-hybridized carbons (Fsp3) is 0.211. The number of benzene rings is 2. The molecule has 0 aliphatic heterocycles. The quantitative estimate of drug-likeness (QED) is 0.575. The van der Waals surface area contributed by atoms with E-state index >= 15 is 0 Å². The van der Waals surface area contributed by atoms with Crippen LogP contribution >= 0.6 is 15.9 Å². The second-order valence-electron chi connectivity index (χ2n) is 5.85. The molecule has 0 radical (unpaired) electrons. The van der Waals surface area contributed by atoms with E-state index in [1.54, 1.807) is 30.5 Å². The summed E-state index contributed by atoms with van der Waals surface area (Å²) in [6.45, 7) is 3.74. The zero-order valence-electron chi connectivity index (χ0n) is 14.1. The predicted molar refractivity (Wildman–Crippen MR) is 102 cm³/mol. The highest BCUT2D eigenvalue weighted by Gasteiger charge is 2.24. The average molecular weight is 402 g/mol. The van der Waals surface area contributed by atoms with Crippen molar-refractivity contribution in [1.29, 1.82) is 0 Å². The standard InChI is InChI=1S/C19H20BrN3O2/c1-13(2)17(22-18(24)15-6-4-3-5-7-15)19(25)23-21-12-14-8-10-16(20)11-9-14/h3-13,17H,1-2H3,(H,22,24)(H,23,25)/b21-12+. The Balaban J connectivity index is 1.98. The van der Waals surface area contributed by atoms with Gasteiger partial charge in [-0.1, -0.05) is 60.1 Å². The number of amides is 2. The third kappa shape index (κ3) is 5.83. The molecule has 6 heteroatoms. The van der Waals surface area contributed by atoms with Crippen molar-refractivity contribution < 1.29 is 9.59 Å². The molecular weight excluding hydrogens is 382 g/mol. The molecule has 130 valence electrons. The van der Waals surface area contributed by atoms with Crippen LogP contribution in [0.25, 0.3) is 0 Å². The van der Waals surface area contributed by atoms with E-state index in [1.807, 2.05) is 44.2 Å². The molecule has 0 aliphatic carbocycles. The third-order valence-electron chi connectivity index (χ3n) is 3.53. The lowest BCUT2D eigenvalue weighted by Gasteiger charge is -2.20. The first kappa shape index (κ1) is 18.9. The van der Waals surface area contributed by atoms with Gasteiger partial charge in [0.15, 0.2) is 0 Å². The molecule has 0 aliphatic rings. The third-order valence-corrected chi connectivity index (χ3v) is 4.06. The largest absolute Gasteiger partial charge is 0.340 e. The molecule has 0 heterocycles. The van der Waals surface area contributed by atoms with Gasteiger partial charge in [0.25, 0.3) is 11.8 Å². The van der Waals surface area contributed by atoms with Crippen molar-refractivity contribution in [2.75, 3.05) is 0 Å². The SMILES string of the molecule is CC(C)C(NC(=O)c1ccccc1)C(=O)N/N=C/c1ccc(Br)cc1. The lowest BCUT2D eigenvalue weighted by atomic mass is 10.0. The van der Waals surface area contributed by atoms with Crippen LogP contribution in [0.3, 0.4) is 0 Å². The molecule has 25 heavy (non-hydrogen) atoms. The molecule has 2 aromatic rings. The Kier molecular flexibility index (Phi) is 6.89. The van der Waals surface area contributed by atoms with Gasteiger partial charge in [-0.15, -0.1) is 0 Å². The molecule has 0 saturated heterocycles. The van der Waals surface area contributed by atoms with Gasteiger partial charge >= 0.3 is 0 Å². The number of carbonyl (C=O) groups excluding carboxylic acids is 2. The van der Waals surface area contributed by atoms with Gasteiger partial charge in [0.1, 0.15) is 6.04 Å². The lowest BCUT2D eigenvalue weighted by Crippen LogP contribution is -2.48. The Labute approximate surface area is 155 Å². The fourth-order valence-electron chi connectivity index (χ4n) is 2.14. The van der Waals surface area contributed by atoms with Gasteiger partial charge in [-0.25, -0.2) is 5.43 Å². The summed E-state index contributed by atoms with van der Waals surface area (Å²) in [5, 5.41) is 6.72. The van der Waals surface area contributed by atoms with Crippen molar-refractivity contribution in [3.05, 3.63) is 70.2 Å². The number of nitrogens with zero attached hydrogens (tertiary/aromatic N) is 1. The maximum Gasteiger partial charge on any atom is 0.262 e. The van der Waals surface area contributed by atoms with E-state index in [0.29, 0.717) is 5.56 Å². The van der Waals surface area contributed by atoms with Crippen LogP contribution in [0.5, 0.6) is 0 Å². The number of hydrogen-bond donors (Lipinski definition) is 2. The first-order chi connectivity index (χ1) is 12.0. The zero-order chi connectivity index (χ0) is 18.2. The molecule has 0 fully saturated rings. The summed E-state index contributed by atoms with van der Waals surface area (Å²) in [6.07, 6.45) is 1.56. The van der Waals surface area contributed by atoms with E-state index < -0.39 is 6.04 Å². The molecular formula is C19H20BrN3O2. The van der Waals surface area contributed by atoms with Crippen LogP contribution in [0, 0.1) is 5.92 Å². The zero-order valence-corrected chi connectivity index (χ0v) is 15.7. The second-order valence-corrected chi connectivity index (χ2v) is 6.76. The van der Waals surface area contributed by atoms with Gasteiger partial charge in [0.05, 0.1) is 6.21 Å². The second kappa shape index (κ2) is 9.13. The van der Waals surface area contributed by atoms with Crippen LogP contribution in [0.1, 0.15) is 29.8 Å². The Morgan fingerprint density at radius 2 is 1.68 bits per heavy atom. The summed E-state index contributed by atoms with van der Waals surface area (Å²) < 4.78 is 0.970. The van der Waals surface area contributed by atoms with E-state index in [-0.39, 0.29) is 17.7 Å². The fourth-order valence-corrected chi connectivity index (χ4v) is 2.40. The number of rotatable bonds is 6. The number of nitrogens with one attached hydrogen (secondary N) is 2. The van der Waals surface area contributed by atoms with Crippen molar-refractivity contribution in [2.45, 2.75) is 19.9 Å². The summed E-state index contributed by atoms with van der Waals surface area (Å²) in [7, 11) is 0. The van der Waals surface area contributed by atoms with Gasteiger partial charge in [-0.05, 0) is 35.7 Å². The van der Waals surface area contributed by atoms with Gasteiger partial charge in [0, 0.05) is 10.0 Å². The molecule has 2 rings (SSSR count). The minimum absolute atomic E-state index is 0.0736.